The Morgan fingerprint density at radius 1 is 1.03 bits per heavy atom. The number of thiazole rings is 1. The Bertz CT molecular complexity index is 1370. The maximum Gasteiger partial charge on any atom is 0.392 e. The third kappa shape index (κ3) is 4.70. The second-order valence-corrected chi connectivity index (χ2v) is 8.87. The van der Waals surface area contributed by atoms with Crippen LogP contribution in [0.2, 0.25) is 0 Å². The summed E-state index contributed by atoms with van der Waals surface area (Å²) in [6, 6.07) is 17.7. The summed E-state index contributed by atoms with van der Waals surface area (Å²) >= 11 is 1.58. The smallest absolute Gasteiger partial charge is 0.392 e. The number of nitrogens with one attached hydrogen (secondary N) is 1. The van der Waals surface area contributed by atoms with Gasteiger partial charge < -0.3 is 14.8 Å². The topological polar surface area (TPSA) is 60.5 Å². The number of amides is 1. The Labute approximate surface area is 197 Å². The Balaban J connectivity index is 1.22. The van der Waals surface area contributed by atoms with Crippen molar-refractivity contribution in [2.75, 3.05) is 13.7 Å². The van der Waals surface area contributed by atoms with E-state index in [2.05, 4.69) is 5.32 Å². The second-order valence-electron chi connectivity index (χ2n) is 7.84. The van der Waals surface area contributed by atoms with Gasteiger partial charge in [0, 0.05) is 11.1 Å². The third-order valence-electron chi connectivity index (χ3n) is 5.51. The summed E-state index contributed by atoms with van der Waals surface area (Å²) in [6.45, 7) is -0.461. The van der Waals surface area contributed by atoms with Crippen molar-refractivity contribution in [3.8, 4) is 22.1 Å². The lowest BCUT2D eigenvalue weighted by atomic mass is 10.2. The zero-order valence-corrected chi connectivity index (χ0v) is 18.8. The molecule has 9 heteroatoms. The minimum atomic E-state index is -4.26. The van der Waals surface area contributed by atoms with Crippen LogP contribution in [0.4, 0.5) is 13.2 Å². The summed E-state index contributed by atoms with van der Waals surface area (Å²) in [4.78, 5) is 17.3. The molecule has 34 heavy (non-hydrogen) atoms. The van der Waals surface area contributed by atoms with Gasteiger partial charge in [0.15, 0.2) is 0 Å². The number of rotatable bonds is 7. The molecular formula is C25H19F3N2O3S. The molecule has 1 amide bonds. The summed E-state index contributed by atoms with van der Waals surface area (Å²) in [5, 5.41) is 3.87. The second kappa shape index (κ2) is 8.64. The van der Waals surface area contributed by atoms with Gasteiger partial charge in [0.2, 0.25) is 0 Å². The van der Waals surface area contributed by atoms with Gasteiger partial charge in [-0.1, -0.05) is 12.1 Å². The first-order valence-corrected chi connectivity index (χ1v) is 11.3. The van der Waals surface area contributed by atoms with Crippen LogP contribution >= 0.6 is 11.3 Å². The van der Waals surface area contributed by atoms with Crippen LogP contribution in [0.15, 0.2) is 60.7 Å². The number of halogens is 3. The molecule has 0 bridgehead atoms. The molecule has 0 spiro atoms. The van der Waals surface area contributed by atoms with Gasteiger partial charge in [-0.3, -0.25) is 4.79 Å². The maximum atomic E-state index is 12.6. The van der Waals surface area contributed by atoms with Gasteiger partial charge in [-0.25, -0.2) is 4.98 Å². The molecule has 0 saturated carbocycles. The number of carbonyl (C=O) groups is 1. The third-order valence-corrected chi connectivity index (χ3v) is 6.58. The van der Waals surface area contributed by atoms with Crippen molar-refractivity contribution in [3.05, 3.63) is 77.4 Å². The molecule has 0 radical (unpaired) electrons. The van der Waals surface area contributed by atoms with Crippen LogP contribution < -0.4 is 14.8 Å². The van der Waals surface area contributed by atoms with E-state index < -0.39 is 19.2 Å². The number of nitrogens with zero attached hydrogens (tertiary/aromatic N) is 1. The number of aromatic nitrogens is 1. The molecule has 1 heterocycles. The zero-order chi connectivity index (χ0) is 23.9. The van der Waals surface area contributed by atoms with Gasteiger partial charge in [-0.2, -0.15) is 13.2 Å². The van der Waals surface area contributed by atoms with Gasteiger partial charge in [-0.05, 0) is 59.7 Å². The van der Waals surface area contributed by atoms with E-state index in [1.54, 1.807) is 18.4 Å². The molecule has 1 aliphatic rings. The number of benzene rings is 3. The first kappa shape index (κ1) is 22.2. The number of ether oxygens (including phenoxy) is 2. The highest BCUT2D eigenvalue weighted by Crippen LogP contribution is 2.44. The van der Waals surface area contributed by atoms with Crippen LogP contribution in [0.5, 0.6) is 11.5 Å². The van der Waals surface area contributed by atoms with Crippen LogP contribution in [-0.2, 0) is 0 Å². The highest BCUT2D eigenvalue weighted by molar-refractivity contribution is 7.21. The summed E-state index contributed by atoms with van der Waals surface area (Å²) in [6.07, 6.45) is -5.29. The van der Waals surface area contributed by atoms with Gasteiger partial charge in [0.05, 0.1) is 36.4 Å². The maximum absolute atomic E-state index is 12.6. The summed E-state index contributed by atoms with van der Waals surface area (Å²) in [5.74, 6) is 0.803. The standard InChI is InChI=1S/C25H19F3N2O3S/c1-32-17-7-9-20-21(13-17)34-24(29-20)15-4-8-18-19(12-15)22(18)30-23(31)14-2-5-16(6-3-14)33-11-10-25(26,27)28/h2-9,12-13,22H,10-11H2,1H3,(H,30,31). The predicted octanol–water partition coefficient (Wildman–Crippen LogP) is 6.14. The molecule has 1 aromatic heterocycles. The van der Waals surface area contributed by atoms with E-state index in [0.717, 1.165) is 37.7 Å². The monoisotopic (exact) mass is 484 g/mol. The number of hydrogen-bond donors (Lipinski definition) is 1. The molecule has 5 nitrogen and oxygen atoms in total. The average Bonchev–Trinajstić information content (AvgIpc) is 3.31. The van der Waals surface area contributed by atoms with Crippen molar-refractivity contribution in [2.45, 2.75) is 18.6 Å². The fraction of sp³-hybridized carbons (Fsp3) is 0.200. The average molecular weight is 484 g/mol. The lowest BCUT2D eigenvalue weighted by Gasteiger charge is -2.09. The highest BCUT2D eigenvalue weighted by Gasteiger charge is 2.34. The Kier molecular flexibility index (Phi) is 5.65. The molecule has 1 N–H and O–H groups in total. The number of methoxy groups -OCH3 is 1. The van der Waals surface area contributed by atoms with E-state index in [1.165, 1.54) is 24.3 Å². The van der Waals surface area contributed by atoms with Crippen LogP contribution in [0.3, 0.4) is 0 Å². The Hall–Kier alpha value is -3.59. The number of hydrogen-bond acceptors (Lipinski definition) is 5. The van der Waals surface area contributed by atoms with E-state index >= 15 is 0 Å². The SMILES string of the molecule is COc1ccc2nc(-c3ccc4c(c3)C4NC(=O)c3ccc(OCCC(F)(F)F)cc3)sc2c1. The molecule has 174 valence electrons. The first-order valence-electron chi connectivity index (χ1n) is 10.5. The van der Waals surface area contributed by atoms with Crippen molar-refractivity contribution in [2.24, 2.45) is 0 Å². The van der Waals surface area contributed by atoms with E-state index in [0.29, 0.717) is 5.56 Å². The lowest BCUT2D eigenvalue weighted by Crippen LogP contribution is -2.21. The molecule has 5 rings (SSSR count). The van der Waals surface area contributed by atoms with Crippen molar-refractivity contribution in [3.63, 3.8) is 0 Å². The summed E-state index contributed by atoms with van der Waals surface area (Å²) < 4.78 is 48.1. The van der Waals surface area contributed by atoms with E-state index in [4.69, 9.17) is 14.5 Å². The molecular weight excluding hydrogens is 465 g/mol. The quantitative estimate of drug-likeness (QED) is 0.343. The van der Waals surface area contributed by atoms with Gasteiger partial charge >= 0.3 is 6.18 Å². The molecule has 1 atom stereocenters. The molecule has 3 aromatic carbocycles. The number of fused-ring (bicyclic) bond motifs is 2. The van der Waals surface area contributed by atoms with E-state index in [1.807, 2.05) is 36.4 Å². The molecule has 0 aliphatic heterocycles. The zero-order valence-electron chi connectivity index (χ0n) is 18.0. The molecule has 1 unspecified atom stereocenters. The summed E-state index contributed by atoms with van der Waals surface area (Å²) in [5.41, 5.74) is 4.38. The number of carbonyl (C=O) groups excluding carboxylic acids is 1. The molecule has 0 saturated heterocycles. The minimum Gasteiger partial charge on any atom is -0.497 e. The molecule has 0 fully saturated rings. The van der Waals surface area contributed by atoms with Gasteiger partial charge in [-0.15, -0.1) is 11.3 Å². The normalized spacial score (nSPS) is 14.5. The minimum absolute atomic E-state index is 0.168. The van der Waals surface area contributed by atoms with Gasteiger partial charge in [0.1, 0.15) is 16.5 Å². The highest BCUT2D eigenvalue weighted by atomic mass is 32.1. The molecule has 1 aliphatic carbocycles. The van der Waals surface area contributed by atoms with Gasteiger partial charge in [0.25, 0.3) is 5.91 Å². The lowest BCUT2D eigenvalue weighted by molar-refractivity contribution is -0.139. The summed E-state index contributed by atoms with van der Waals surface area (Å²) in [7, 11) is 1.63. The van der Waals surface area contributed by atoms with Crippen LogP contribution in [0.1, 0.15) is 33.9 Å². The largest absolute Gasteiger partial charge is 0.497 e. The van der Waals surface area contributed by atoms with Crippen molar-refractivity contribution < 1.29 is 27.4 Å². The number of alkyl halides is 3. The van der Waals surface area contributed by atoms with E-state index in [9.17, 15) is 18.0 Å². The fourth-order valence-electron chi connectivity index (χ4n) is 3.66. The Morgan fingerprint density at radius 3 is 2.53 bits per heavy atom. The Morgan fingerprint density at radius 2 is 1.79 bits per heavy atom. The first-order chi connectivity index (χ1) is 16.3. The van der Waals surface area contributed by atoms with Crippen LogP contribution in [0, 0.1) is 0 Å². The van der Waals surface area contributed by atoms with Crippen LogP contribution in [-0.4, -0.2) is 30.8 Å². The van der Waals surface area contributed by atoms with Crippen molar-refractivity contribution in [1.29, 1.82) is 0 Å². The van der Waals surface area contributed by atoms with E-state index in [-0.39, 0.29) is 17.7 Å². The fourth-order valence-corrected chi connectivity index (χ4v) is 4.65. The predicted molar refractivity (Wildman–Crippen MR) is 124 cm³/mol. The molecule has 4 aromatic rings. The van der Waals surface area contributed by atoms with Crippen LogP contribution in [0.25, 0.3) is 20.8 Å². The van der Waals surface area contributed by atoms with Crippen molar-refractivity contribution >= 4 is 27.5 Å². The van der Waals surface area contributed by atoms with Crippen molar-refractivity contribution in [1.82, 2.24) is 10.3 Å².